The summed E-state index contributed by atoms with van der Waals surface area (Å²) in [5, 5.41) is 2.82. The molecule has 1 unspecified atom stereocenters. The van der Waals surface area contributed by atoms with Crippen LogP contribution in [0.2, 0.25) is 6.04 Å². The normalized spacial score (nSPS) is 13.2. The summed E-state index contributed by atoms with van der Waals surface area (Å²) in [7, 11) is -0.463. The first-order valence-electron chi connectivity index (χ1n) is 9.06. The van der Waals surface area contributed by atoms with Crippen molar-refractivity contribution >= 4 is 18.4 Å². The molecule has 0 fully saturated rings. The molecule has 0 spiro atoms. The van der Waals surface area contributed by atoms with Crippen molar-refractivity contribution in [2.24, 2.45) is 11.7 Å². The van der Waals surface area contributed by atoms with Gasteiger partial charge in [-0.3, -0.25) is 0 Å². The van der Waals surface area contributed by atoms with Gasteiger partial charge in [0.25, 0.3) is 0 Å². The lowest BCUT2D eigenvalue weighted by Gasteiger charge is -2.40. The minimum atomic E-state index is -2.12. The Balaban J connectivity index is 2.43. The Labute approximate surface area is 153 Å². The lowest BCUT2D eigenvalue weighted by Crippen LogP contribution is -2.70. The molecular weight excluding hydrogens is 326 g/mol. The van der Waals surface area contributed by atoms with Crippen LogP contribution in [0, 0.1) is 5.92 Å². The van der Waals surface area contributed by atoms with Crippen LogP contribution in [-0.2, 0) is 9.47 Å². The van der Waals surface area contributed by atoms with E-state index in [9.17, 15) is 0 Å². The highest BCUT2D eigenvalue weighted by atomic mass is 28.3. The molecule has 0 bridgehead atoms. The number of rotatable bonds is 10. The smallest absolute Gasteiger partial charge is 0.146 e. The second kappa shape index (κ2) is 9.87. The van der Waals surface area contributed by atoms with Gasteiger partial charge in [0.15, 0.2) is 0 Å². The van der Waals surface area contributed by atoms with Crippen molar-refractivity contribution in [3.05, 3.63) is 60.7 Å². The van der Waals surface area contributed by atoms with E-state index in [0.29, 0.717) is 19.3 Å². The number of nitrogens with two attached hydrogens (primary N) is 1. The van der Waals surface area contributed by atoms with Gasteiger partial charge in [-0.2, -0.15) is 0 Å². The van der Waals surface area contributed by atoms with Gasteiger partial charge in [-0.15, -0.1) is 0 Å². The highest BCUT2D eigenvalue weighted by molar-refractivity contribution is 7.03. The molecule has 0 saturated heterocycles. The number of methoxy groups -OCH3 is 1. The van der Waals surface area contributed by atoms with E-state index in [1.165, 1.54) is 10.4 Å². The van der Waals surface area contributed by atoms with Crippen LogP contribution < -0.4 is 16.1 Å². The van der Waals surface area contributed by atoms with Crippen LogP contribution in [0.5, 0.6) is 0 Å². The van der Waals surface area contributed by atoms with E-state index in [4.69, 9.17) is 15.2 Å². The van der Waals surface area contributed by atoms with Crippen LogP contribution in [0.25, 0.3) is 0 Å². The molecule has 4 heteroatoms. The van der Waals surface area contributed by atoms with E-state index in [1.54, 1.807) is 7.11 Å². The molecule has 0 aliphatic heterocycles. The van der Waals surface area contributed by atoms with Crippen molar-refractivity contribution in [3.63, 3.8) is 0 Å². The lowest BCUT2D eigenvalue weighted by atomic mass is 10.2. The Kier molecular flexibility index (Phi) is 7.84. The average Bonchev–Trinajstić information content (AvgIpc) is 2.66. The zero-order valence-corrected chi connectivity index (χ0v) is 16.7. The number of benzene rings is 2. The SMILES string of the molecule is COCOCCC[Si](c1ccccc1)(c1ccccc1)C(N)C(C)C. The second-order valence-corrected chi connectivity index (χ2v) is 11.2. The third-order valence-corrected chi connectivity index (χ3v) is 10.6. The van der Waals surface area contributed by atoms with E-state index in [1.807, 2.05) is 0 Å². The van der Waals surface area contributed by atoms with Crippen molar-refractivity contribution in [2.45, 2.75) is 32.0 Å². The Hall–Kier alpha value is -1.46. The van der Waals surface area contributed by atoms with Crippen LogP contribution in [0.3, 0.4) is 0 Å². The van der Waals surface area contributed by atoms with E-state index in [0.717, 1.165) is 12.5 Å². The minimum Gasteiger partial charge on any atom is -0.359 e. The Morgan fingerprint density at radius 3 is 1.88 bits per heavy atom. The van der Waals surface area contributed by atoms with Crippen LogP contribution in [0.1, 0.15) is 20.3 Å². The summed E-state index contributed by atoms with van der Waals surface area (Å²) in [6, 6.07) is 22.8. The van der Waals surface area contributed by atoms with Crippen molar-refractivity contribution in [2.75, 3.05) is 20.5 Å². The summed E-state index contributed by atoms with van der Waals surface area (Å²) < 4.78 is 10.5. The average molecular weight is 358 g/mol. The molecule has 1 atom stereocenters. The molecule has 2 N–H and O–H groups in total. The van der Waals surface area contributed by atoms with Crippen LogP contribution >= 0.6 is 0 Å². The molecular formula is C21H31NO2Si. The third kappa shape index (κ3) is 4.79. The largest absolute Gasteiger partial charge is 0.359 e. The molecule has 0 radical (unpaired) electrons. The van der Waals surface area contributed by atoms with Gasteiger partial charge < -0.3 is 15.2 Å². The molecule has 2 rings (SSSR count). The van der Waals surface area contributed by atoms with Crippen molar-refractivity contribution in [3.8, 4) is 0 Å². The summed E-state index contributed by atoms with van der Waals surface area (Å²) in [6.07, 6.45) is 0.986. The Bertz CT molecular complexity index is 564. The van der Waals surface area contributed by atoms with E-state index in [-0.39, 0.29) is 5.67 Å². The highest BCUT2D eigenvalue weighted by Gasteiger charge is 2.43. The highest BCUT2D eigenvalue weighted by Crippen LogP contribution is 2.22. The van der Waals surface area contributed by atoms with Gasteiger partial charge in [-0.05, 0) is 18.4 Å². The van der Waals surface area contributed by atoms with Crippen molar-refractivity contribution in [1.29, 1.82) is 0 Å². The van der Waals surface area contributed by atoms with Gasteiger partial charge >= 0.3 is 0 Å². The fraction of sp³-hybridized carbons (Fsp3) is 0.429. The molecule has 0 heterocycles. The van der Waals surface area contributed by atoms with Gasteiger partial charge in [0.2, 0.25) is 0 Å². The maximum absolute atomic E-state index is 6.90. The zero-order valence-electron chi connectivity index (χ0n) is 15.7. The first-order chi connectivity index (χ1) is 12.1. The van der Waals surface area contributed by atoms with Gasteiger partial charge in [0.1, 0.15) is 14.9 Å². The summed E-state index contributed by atoms with van der Waals surface area (Å²) in [5.74, 6) is 0.423. The number of hydrogen-bond acceptors (Lipinski definition) is 3. The molecule has 3 nitrogen and oxygen atoms in total. The molecule has 0 aliphatic carbocycles. The summed E-state index contributed by atoms with van der Waals surface area (Å²) in [4.78, 5) is 0. The molecule has 25 heavy (non-hydrogen) atoms. The van der Waals surface area contributed by atoms with E-state index in [2.05, 4.69) is 74.5 Å². The predicted molar refractivity (Wildman–Crippen MR) is 108 cm³/mol. The quantitative estimate of drug-likeness (QED) is 0.404. The van der Waals surface area contributed by atoms with E-state index < -0.39 is 8.07 Å². The van der Waals surface area contributed by atoms with Crippen LogP contribution in [0.4, 0.5) is 0 Å². The fourth-order valence-corrected chi connectivity index (χ4v) is 9.07. The van der Waals surface area contributed by atoms with Crippen LogP contribution in [-0.4, -0.2) is 34.2 Å². The van der Waals surface area contributed by atoms with Crippen LogP contribution in [0.15, 0.2) is 60.7 Å². The standard InChI is InChI=1S/C21H31NO2Si/c1-18(2)21(22)25(16-10-15-24-17-23-3,19-11-6-4-7-12-19)20-13-8-5-9-14-20/h4-9,11-14,18,21H,10,15-17,22H2,1-3H3. The zero-order chi connectivity index (χ0) is 18.1. The summed E-state index contributed by atoms with van der Waals surface area (Å²) in [5.41, 5.74) is 7.05. The van der Waals surface area contributed by atoms with Gasteiger partial charge in [0.05, 0.1) is 0 Å². The third-order valence-electron chi connectivity index (χ3n) is 4.93. The molecule has 0 amide bonds. The first-order valence-corrected chi connectivity index (χ1v) is 11.3. The van der Waals surface area contributed by atoms with E-state index >= 15 is 0 Å². The summed E-state index contributed by atoms with van der Waals surface area (Å²) >= 11 is 0. The van der Waals surface area contributed by atoms with Gasteiger partial charge in [0, 0.05) is 19.4 Å². The van der Waals surface area contributed by atoms with Gasteiger partial charge in [-0.25, -0.2) is 0 Å². The minimum absolute atomic E-state index is 0.153. The number of hydrogen-bond donors (Lipinski definition) is 1. The number of ether oxygens (including phenoxy) is 2. The molecule has 0 aromatic heterocycles. The molecule has 2 aromatic carbocycles. The maximum Gasteiger partial charge on any atom is 0.146 e. The molecule has 0 aliphatic rings. The van der Waals surface area contributed by atoms with Gasteiger partial charge in [-0.1, -0.05) is 84.9 Å². The molecule has 136 valence electrons. The predicted octanol–water partition coefficient (Wildman–Crippen LogP) is 2.78. The van der Waals surface area contributed by atoms with Crippen molar-refractivity contribution < 1.29 is 9.47 Å². The molecule has 0 saturated carbocycles. The molecule has 2 aromatic rings. The Morgan fingerprint density at radius 1 is 0.920 bits per heavy atom. The summed E-state index contributed by atoms with van der Waals surface area (Å²) in [6.45, 7) is 5.52. The second-order valence-electron chi connectivity index (χ2n) is 6.89. The monoisotopic (exact) mass is 357 g/mol. The maximum atomic E-state index is 6.90. The fourth-order valence-electron chi connectivity index (χ4n) is 3.64. The lowest BCUT2D eigenvalue weighted by molar-refractivity contribution is -0.0301. The first kappa shape index (κ1) is 19.9. The van der Waals surface area contributed by atoms with Crippen molar-refractivity contribution in [1.82, 2.24) is 0 Å². The topological polar surface area (TPSA) is 44.5 Å². The Morgan fingerprint density at radius 2 is 1.44 bits per heavy atom.